The molecule has 1 fully saturated rings. The zero-order valence-electron chi connectivity index (χ0n) is 23.3. The summed E-state index contributed by atoms with van der Waals surface area (Å²) in [5.74, 6) is 1.41. The van der Waals surface area contributed by atoms with E-state index in [9.17, 15) is 19.8 Å². The standard InChI is InChI=1S/C32H33NO8/c1-17-12-25(34)29(35)28(13-17)40-26-10-8-20-16-24(32(37)41-30(20)18(26)2)33-31(36)21-9-11-27(39-4)23(15-21)19-6-5-7-22(14-19)38-3/h5-11,14-17,25,28-29,34-35H,12-13H2,1-4H3,(H,33,36)/t17?,25-,28?,29-/m1/s1. The molecule has 9 nitrogen and oxygen atoms in total. The molecule has 0 spiro atoms. The summed E-state index contributed by atoms with van der Waals surface area (Å²) in [5, 5.41) is 23.8. The van der Waals surface area contributed by atoms with E-state index in [1.54, 1.807) is 57.5 Å². The highest BCUT2D eigenvalue weighted by molar-refractivity contribution is 6.05. The summed E-state index contributed by atoms with van der Waals surface area (Å²) in [4.78, 5) is 26.1. The monoisotopic (exact) mass is 559 g/mol. The first kappa shape index (κ1) is 28.2. The average Bonchev–Trinajstić information content (AvgIpc) is 2.97. The van der Waals surface area contributed by atoms with Crippen LogP contribution in [0.3, 0.4) is 0 Å². The molecule has 0 saturated heterocycles. The lowest BCUT2D eigenvalue weighted by Gasteiger charge is -2.35. The van der Waals surface area contributed by atoms with Gasteiger partial charge in [0.25, 0.3) is 5.91 Å². The first-order chi connectivity index (χ1) is 19.7. The Kier molecular flexibility index (Phi) is 8.01. The summed E-state index contributed by atoms with van der Waals surface area (Å²) in [6.45, 7) is 3.75. The normalized spacial score (nSPS) is 20.4. The molecule has 0 radical (unpaired) electrons. The van der Waals surface area contributed by atoms with E-state index < -0.39 is 29.8 Å². The SMILES string of the molecule is COc1cccc(-c2cc(C(=O)Nc3cc4ccc(OC5CC(C)C[C@@H](O)[C@H]5O)c(C)c4oc3=O)ccc2OC)c1. The third-order valence-corrected chi connectivity index (χ3v) is 7.52. The molecule has 1 heterocycles. The molecular formula is C32H33NO8. The highest BCUT2D eigenvalue weighted by atomic mass is 16.5. The predicted molar refractivity (Wildman–Crippen MR) is 155 cm³/mol. The van der Waals surface area contributed by atoms with Crippen molar-refractivity contribution in [3.63, 3.8) is 0 Å². The topological polar surface area (TPSA) is 127 Å². The van der Waals surface area contributed by atoms with E-state index >= 15 is 0 Å². The number of hydrogen-bond acceptors (Lipinski definition) is 8. The first-order valence-electron chi connectivity index (χ1n) is 13.4. The molecule has 1 aromatic heterocycles. The number of aryl methyl sites for hydroxylation is 1. The second-order valence-electron chi connectivity index (χ2n) is 10.4. The maximum Gasteiger partial charge on any atom is 0.360 e. The third kappa shape index (κ3) is 5.77. The molecule has 3 aromatic carbocycles. The van der Waals surface area contributed by atoms with Crippen LogP contribution in [0.4, 0.5) is 5.69 Å². The van der Waals surface area contributed by atoms with Gasteiger partial charge >= 0.3 is 5.63 Å². The minimum absolute atomic E-state index is 0.00559. The summed E-state index contributed by atoms with van der Waals surface area (Å²) in [6, 6.07) is 17.4. The Balaban J connectivity index is 1.41. The van der Waals surface area contributed by atoms with Crippen LogP contribution >= 0.6 is 0 Å². The maximum atomic E-state index is 13.2. The van der Waals surface area contributed by atoms with Gasteiger partial charge in [-0.15, -0.1) is 0 Å². The fourth-order valence-corrected chi connectivity index (χ4v) is 5.29. The minimum atomic E-state index is -1.01. The molecule has 4 atom stereocenters. The number of nitrogens with one attached hydrogen (secondary N) is 1. The Morgan fingerprint density at radius 3 is 2.51 bits per heavy atom. The number of ether oxygens (including phenoxy) is 3. The van der Waals surface area contributed by atoms with Gasteiger partial charge in [0.1, 0.15) is 40.7 Å². The van der Waals surface area contributed by atoms with Crippen molar-refractivity contribution in [3.8, 4) is 28.4 Å². The van der Waals surface area contributed by atoms with E-state index in [1.165, 1.54) is 0 Å². The summed E-state index contributed by atoms with van der Waals surface area (Å²) in [5.41, 5.74) is 2.00. The Bertz CT molecular complexity index is 1650. The van der Waals surface area contributed by atoms with Crippen molar-refractivity contribution < 1.29 is 33.6 Å². The fourth-order valence-electron chi connectivity index (χ4n) is 5.29. The van der Waals surface area contributed by atoms with Crippen molar-refractivity contribution in [3.05, 3.63) is 82.2 Å². The number of methoxy groups -OCH3 is 2. The molecular weight excluding hydrogens is 526 g/mol. The van der Waals surface area contributed by atoms with Crippen LogP contribution in [-0.4, -0.2) is 48.7 Å². The number of fused-ring (bicyclic) bond motifs is 1. The van der Waals surface area contributed by atoms with E-state index in [2.05, 4.69) is 5.32 Å². The van der Waals surface area contributed by atoms with Gasteiger partial charge in [0.15, 0.2) is 0 Å². The van der Waals surface area contributed by atoms with E-state index in [-0.39, 0.29) is 11.6 Å². The molecule has 41 heavy (non-hydrogen) atoms. The number of aliphatic hydroxyl groups is 2. The highest BCUT2D eigenvalue weighted by Gasteiger charge is 2.36. The molecule has 9 heteroatoms. The number of anilines is 1. The second kappa shape index (κ2) is 11.6. The first-order valence-corrected chi connectivity index (χ1v) is 13.4. The van der Waals surface area contributed by atoms with Crippen molar-refractivity contribution in [1.29, 1.82) is 0 Å². The van der Waals surface area contributed by atoms with Crippen LogP contribution in [0, 0.1) is 12.8 Å². The number of aliphatic hydroxyl groups excluding tert-OH is 2. The zero-order chi connectivity index (χ0) is 29.3. The second-order valence-corrected chi connectivity index (χ2v) is 10.4. The van der Waals surface area contributed by atoms with Crippen LogP contribution in [0.1, 0.15) is 35.7 Å². The van der Waals surface area contributed by atoms with E-state index in [0.717, 1.165) is 5.56 Å². The molecule has 1 amide bonds. The van der Waals surface area contributed by atoms with Gasteiger partial charge in [0.2, 0.25) is 0 Å². The van der Waals surface area contributed by atoms with Crippen molar-refractivity contribution >= 4 is 22.6 Å². The Morgan fingerprint density at radius 1 is 0.976 bits per heavy atom. The van der Waals surface area contributed by atoms with Gasteiger partial charge in [-0.1, -0.05) is 19.1 Å². The van der Waals surface area contributed by atoms with Crippen molar-refractivity contribution in [2.45, 2.75) is 45.0 Å². The number of carbonyl (C=O) groups is 1. The lowest BCUT2D eigenvalue weighted by atomic mass is 9.84. The average molecular weight is 560 g/mol. The van der Waals surface area contributed by atoms with Crippen LogP contribution < -0.4 is 25.2 Å². The van der Waals surface area contributed by atoms with E-state index in [1.807, 2.05) is 31.2 Å². The number of rotatable bonds is 7. The maximum absolute atomic E-state index is 13.2. The Hall–Kier alpha value is -4.34. The smallest absolute Gasteiger partial charge is 0.360 e. The van der Waals surface area contributed by atoms with E-state index in [4.69, 9.17) is 18.6 Å². The van der Waals surface area contributed by atoms with Gasteiger partial charge in [-0.3, -0.25) is 4.79 Å². The van der Waals surface area contributed by atoms with Gasteiger partial charge < -0.3 is 34.2 Å². The molecule has 3 N–H and O–H groups in total. The Labute approximate surface area is 237 Å². The molecule has 5 rings (SSSR count). The van der Waals surface area contributed by atoms with Crippen LogP contribution in [0.25, 0.3) is 22.1 Å². The molecule has 1 saturated carbocycles. The van der Waals surface area contributed by atoms with Crippen LogP contribution in [0.2, 0.25) is 0 Å². The van der Waals surface area contributed by atoms with Crippen LogP contribution in [0.15, 0.2) is 69.9 Å². The summed E-state index contributed by atoms with van der Waals surface area (Å²) in [6.07, 6.45) is -1.34. The van der Waals surface area contributed by atoms with Crippen molar-refractivity contribution in [1.82, 2.24) is 0 Å². The number of amides is 1. The van der Waals surface area contributed by atoms with Gasteiger partial charge in [0.05, 0.1) is 20.3 Å². The molecule has 0 bridgehead atoms. The van der Waals surface area contributed by atoms with Crippen LogP contribution in [0.5, 0.6) is 17.2 Å². The van der Waals surface area contributed by atoms with Gasteiger partial charge in [-0.2, -0.15) is 0 Å². The molecule has 1 aliphatic carbocycles. The summed E-state index contributed by atoms with van der Waals surface area (Å²) >= 11 is 0. The van der Waals surface area contributed by atoms with Crippen molar-refractivity contribution in [2.24, 2.45) is 5.92 Å². The molecule has 214 valence electrons. The molecule has 2 unspecified atom stereocenters. The molecule has 4 aromatic rings. The third-order valence-electron chi connectivity index (χ3n) is 7.52. The summed E-state index contributed by atoms with van der Waals surface area (Å²) < 4.78 is 22.5. The van der Waals surface area contributed by atoms with Crippen LogP contribution in [-0.2, 0) is 0 Å². The van der Waals surface area contributed by atoms with Gasteiger partial charge in [-0.25, -0.2) is 4.79 Å². The predicted octanol–water partition coefficient (Wildman–Crippen LogP) is 4.94. The van der Waals surface area contributed by atoms with Gasteiger partial charge in [0, 0.05) is 22.1 Å². The zero-order valence-corrected chi connectivity index (χ0v) is 23.3. The molecule has 1 aliphatic rings. The lowest BCUT2D eigenvalue weighted by Crippen LogP contribution is -2.46. The van der Waals surface area contributed by atoms with Crippen molar-refractivity contribution in [2.75, 3.05) is 19.5 Å². The summed E-state index contributed by atoms with van der Waals surface area (Å²) in [7, 11) is 3.14. The van der Waals surface area contributed by atoms with E-state index in [0.29, 0.717) is 57.7 Å². The number of hydrogen-bond donors (Lipinski definition) is 3. The number of benzene rings is 3. The van der Waals surface area contributed by atoms with Gasteiger partial charge in [-0.05, 0) is 79.8 Å². The molecule has 0 aliphatic heterocycles. The largest absolute Gasteiger partial charge is 0.497 e. The fraction of sp³-hybridized carbons (Fsp3) is 0.312. The quantitative estimate of drug-likeness (QED) is 0.272. The Morgan fingerprint density at radius 2 is 1.76 bits per heavy atom. The minimum Gasteiger partial charge on any atom is -0.497 e. The number of carbonyl (C=O) groups excluding carboxylic acids is 1. The highest BCUT2D eigenvalue weighted by Crippen LogP contribution is 2.34. The lowest BCUT2D eigenvalue weighted by molar-refractivity contribution is -0.0879.